The molecule has 0 radical (unpaired) electrons. The largest absolute Gasteiger partial charge is 0.481 e. The van der Waals surface area contributed by atoms with Gasteiger partial charge in [0.1, 0.15) is 0 Å². The van der Waals surface area contributed by atoms with Crippen molar-refractivity contribution < 1.29 is 14.6 Å². The molecule has 76 valence electrons. The lowest BCUT2D eigenvalue weighted by atomic mass is 10.1. The van der Waals surface area contributed by atoms with Crippen molar-refractivity contribution in [2.24, 2.45) is 0 Å². The molecule has 1 atom stereocenters. The maximum absolute atomic E-state index is 10.4. The van der Waals surface area contributed by atoms with Crippen LogP contribution in [-0.4, -0.2) is 48.3 Å². The van der Waals surface area contributed by atoms with E-state index in [1.54, 1.807) is 0 Å². The number of carbonyl (C=O) groups is 1. The van der Waals surface area contributed by atoms with Crippen molar-refractivity contribution in [1.82, 2.24) is 4.90 Å². The lowest BCUT2D eigenvalue weighted by Gasteiger charge is -2.34. The zero-order valence-electron chi connectivity index (χ0n) is 8.03. The maximum atomic E-state index is 10.4. The Kier molecular flexibility index (Phi) is 4.18. The SMILES string of the molecule is CCN1CCOCC1CCC(=O)O. The van der Waals surface area contributed by atoms with Crippen molar-refractivity contribution in [2.45, 2.75) is 25.8 Å². The highest BCUT2D eigenvalue weighted by Gasteiger charge is 2.21. The smallest absolute Gasteiger partial charge is 0.303 e. The lowest BCUT2D eigenvalue weighted by molar-refractivity contribution is -0.137. The summed E-state index contributed by atoms with van der Waals surface area (Å²) in [6.45, 7) is 5.46. The summed E-state index contributed by atoms with van der Waals surface area (Å²) in [7, 11) is 0. The molecule has 4 heteroatoms. The standard InChI is InChI=1S/C9H17NO3/c1-2-10-5-6-13-7-8(10)3-4-9(11)12/h8H,2-7H2,1H3,(H,11,12). The first-order chi connectivity index (χ1) is 6.24. The Balaban J connectivity index is 2.31. The number of hydrogen-bond acceptors (Lipinski definition) is 3. The number of morpholine rings is 1. The number of aliphatic carboxylic acids is 1. The van der Waals surface area contributed by atoms with Crippen LogP contribution in [0.5, 0.6) is 0 Å². The molecule has 1 heterocycles. The second-order valence-electron chi connectivity index (χ2n) is 3.29. The van der Waals surface area contributed by atoms with Gasteiger partial charge >= 0.3 is 5.97 Å². The molecule has 0 saturated carbocycles. The van der Waals surface area contributed by atoms with Crippen LogP contribution in [0.15, 0.2) is 0 Å². The highest BCUT2D eigenvalue weighted by Crippen LogP contribution is 2.11. The van der Waals surface area contributed by atoms with Crippen LogP contribution < -0.4 is 0 Å². The van der Waals surface area contributed by atoms with Crippen LogP contribution in [0.25, 0.3) is 0 Å². The van der Waals surface area contributed by atoms with E-state index >= 15 is 0 Å². The minimum absolute atomic E-state index is 0.241. The zero-order valence-corrected chi connectivity index (χ0v) is 8.03. The van der Waals surface area contributed by atoms with Crippen LogP contribution in [0, 0.1) is 0 Å². The number of hydrogen-bond donors (Lipinski definition) is 1. The molecule has 0 amide bonds. The van der Waals surface area contributed by atoms with Crippen LogP contribution in [0.1, 0.15) is 19.8 Å². The van der Waals surface area contributed by atoms with Crippen LogP contribution in [0.2, 0.25) is 0 Å². The average molecular weight is 187 g/mol. The fraction of sp³-hybridized carbons (Fsp3) is 0.889. The van der Waals surface area contributed by atoms with Gasteiger partial charge in [-0.15, -0.1) is 0 Å². The molecule has 0 spiro atoms. The van der Waals surface area contributed by atoms with E-state index in [2.05, 4.69) is 11.8 Å². The van der Waals surface area contributed by atoms with Gasteiger partial charge in [0.15, 0.2) is 0 Å². The fourth-order valence-corrected chi connectivity index (χ4v) is 1.66. The molecule has 0 aromatic carbocycles. The Hall–Kier alpha value is -0.610. The van der Waals surface area contributed by atoms with Crippen LogP contribution in [0.3, 0.4) is 0 Å². The zero-order chi connectivity index (χ0) is 9.68. The van der Waals surface area contributed by atoms with Gasteiger partial charge in [0.25, 0.3) is 0 Å². The molecule has 4 nitrogen and oxygen atoms in total. The molecule has 0 aliphatic carbocycles. The Morgan fingerprint density at radius 1 is 1.69 bits per heavy atom. The predicted molar refractivity (Wildman–Crippen MR) is 48.7 cm³/mol. The molecule has 1 unspecified atom stereocenters. The van der Waals surface area contributed by atoms with Crippen molar-refractivity contribution in [2.75, 3.05) is 26.3 Å². The molecule has 0 aromatic rings. The average Bonchev–Trinajstić information content (AvgIpc) is 2.15. The molecule has 1 aliphatic heterocycles. The first kappa shape index (κ1) is 10.5. The number of rotatable bonds is 4. The number of ether oxygens (including phenoxy) is 1. The van der Waals surface area contributed by atoms with E-state index in [0.29, 0.717) is 19.1 Å². The quantitative estimate of drug-likeness (QED) is 0.699. The number of likely N-dealkylation sites (N-methyl/N-ethyl adjacent to an activating group) is 1. The minimum atomic E-state index is -0.721. The third-order valence-corrected chi connectivity index (χ3v) is 2.45. The first-order valence-corrected chi connectivity index (χ1v) is 4.77. The first-order valence-electron chi connectivity index (χ1n) is 4.77. The Labute approximate surface area is 78.5 Å². The van der Waals surface area contributed by atoms with Crippen molar-refractivity contribution in [3.63, 3.8) is 0 Å². The normalized spacial score (nSPS) is 24.5. The Morgan fingerprint density at radius 3 is 3.08 bits per heavy atom. The number of carboxylic acids is 1. The summed E-state index contributed by atoms with van der Waals surface area (Å²) < 4.78 is 5.31. The van der Waals surface area contributed by atoms with Gasteiger partial charge in [-0.05, 0) is 13.0 Å². The summed E-state index contributed by atoms with van der Waals surface area (Å²) in [6, 6.07) is 0.301. The summed E-state index contributed by atoms with van der Waals surface area (Å²) in [4.78, 5) is 12.7. The molecule has 13 heavy (non-hydrogen) atoms. The summed E-state index contributed by atoms with van der Waals surface area (Å²) in [5.74, 6) is -0.721. The number of nitrogens with zero attached hydrogens (tertiary/aromatic N) is 1. The molecule has 1 N–H and O–H groups in total. The van der Waals surface area contributed by atoms with Crippen LogP contribution >= 0.6 is 0 Å². The fourth-order valence-electron chi connectivity index (χ4n) is 1.66. The maximum Gasteiger partial charge on any atom is 0.303 e. The number of carboxylic acid groups (broad SMARTS) is 1. The van der Waals surface area contributed by atoms with Gasteiger partial charge in [-0.1, -0.05) is 6.92 Å². The van der Waals surface area contributed by atoms with Crippen LogP contribution in [-0.2, 0) is 9.53 Å². The van der Waals surface area contributed by atoms with E-state index in [0.717, 1.165) is 19.7 Å². The van der Waals surface area contributed by atoms with Crippen LogP contribution in [0.4, 0.5) is 0 Å². The van der Waals surface area contributed by atoms with Gasteiger partial charge in [-0.3, -0.25) is 9.69 Å². The molecule has 1 saturated heterocycles. The topological polar surface area (TPSA) is 49.8 Å². The third-order valence-electron chi connectivity index (χ3n) is 2.45. The van der Waals surface area contributed by atoms with Gasteiger partial charge < -0.3 is 9.84 Å². The van der Waals surface area contributed by atoms with Gasteiger partial charge in [0, 0.05) is 19.0 Å². The van der Waals surface area contributed by atoms with Gasteiger partial charge in [-0.25, -0.2) is 0 Å². The lowest BCUT2D eigenvalue weighted by Crippen LogP contribution is -2.45. The van der Waals surface area contributed by atoms with Crippen molar-refractivity contribution in [1.29, 1.82) is 0 Å². The summed E-state index contributed by atoms with van der Waals surface area (Å²) in [5.41, 5.74) is 0. The Bertz CT molecular complexity index is 172. The van der Waals surface area contributed by atoms with Gasteiger partial charge in [0.2, 0.25) is 0 Å². The monoisotopic (exact) mass is 187 g/mol. The molecular weight excluding hydrogens is 170 g/mol. The van der Waals surface area contributed by atoms with Crippen molar-refractivity contribution in [3.05, 3.63) is 0 Å². The summed E-state index contributed by atoms with van der Waals surface area (Å²) >= 11 is 0. The second-order valence-corrected chi connectivity index (χ2v) is 3.29. The van der Waals surface area contributed by atoms with Crippen molar-refractivity contribution in [3.8, 4) is 0 Å². The highest BCUT2D eigenvalue weighted by molar-refractivity contribution is 5.66. The molecule has 1 aliphatic rings. The van der Waals surface area contributed by atoms with E-state index in [1.807, 2.05) is 0 Å². The summed E-state index contributed by atoms with van der Waals surface area (Å²) in [5, 5.41) is 8.54. The van der Waals surface area contributed by atoms with E-state index in [4.69, 9.17) is 9.84 Å². The third kappa shape index (κ3) is 3.32. The van der Waals surface area contributed by atoms with E-state index in [9.17, 15) is 4.79 Å². The Morgan fingerprint density at radius 2 is 2.46 bits per heavy atom. The molecule has 0 bridgehead atoms. The minimum Gasteiger partial charge on any atom is -0.481 e. The molecular formula is C9H17NO3. The van der Waals surface area contributed by atoms with Gasteiger partial charge in [0.05, 0.1) is 13.2 Å². The highest BCUT2D eigenvalue weighted by atomic mass is 16.5. The molecule has 1 fully saturated rings. The van der Waals surface area contributed by atoms with Crippen molar-refractivity contribution >= 4 is 5.97 Å². The molecule has 0 aromatic heterocycles. The van der Waals surface area contributed by atoms with E-state index in [-0.39, 0.29) is 6.42 Å². The van der Waals surface area contributed by atoms with Gasteiger partial charge in [-0.2, -0.15) is 0 Å². The molecule has 1 rings (SSSR count). The predicted octanol–water partition coefficient (Wildman–Crippen LogP) is 0.572. The van der Waals surface area contributed by atoms with E-state index in [1.165, 1.54) is 0 Å². The second kappa shape index (κ2) is 5.19. The van der Waals surface area contributed by atoms with E-state index < -0.39 is 5.97 Å². The summed E-state index contributed by atoms with van der Waals surface area (Å²) in [6.07, 6.45) is 0.938.